The molecule has 0 unspecified atom stereocenters. The number of esters is 1. The quantitative estimate of drug-likeness (QED) is 0.393. The monoisotopic (exact) mass is 349 g/mol. The van der Waals surface area contributed by atoms with Crippen LogP contribution in [0.3, 0.4) is 0 Å². The number of hydrogen-bond donors (Lipinski definition) is 1. The lowest BCUT2D eigenvalue weighted by atomic mass is 10.1. The molecule has 1 aromatic carbocycles. The molecular weight excluding hydrogens is 342 g/mol. The fourth-order valence-electron chi connectivity index (χ4n) is 1.16. The highest BCUT2D eigenvalue weighted by molar-refractivity contribution is 9.10. The van der Waals surface area contributed by atoms with Gasteiger partial charge in [0.2, 0.25) is 0 Å². The predicted octanol–water partition coefficient (Wildman–Crippen LogP) is 2.40. The van der Waals surface area contributed by atoms with E-state index in [0.29, 0.717) is 15.7 Å². The van der Waals surface area contributed by atoms with Crippen LogP contribution in [-0.4, -0.2) is 24.2 Å². The third kappa shape index (κ3) is 2.62. The molecule has 2 N–H and O–H groups in total. The molecule has 1 rings (SSSR count). The number of carbonyl (C=O) groups excluding carboxylic acids is 2. The van der Waals surface area contributed by atoms with Gasteiger partial charge in [-0.05, 0) is 28.1 Å². The number of anilines is 1. The number of benzene rings is 1. The second kappa shape index (κ2) is 5.45. The number of hydrogen-bond acceptors (Lipinski definition) is 4. The molecule has 16 heavy (non-hydrogen) atoms. The first-order valence-electron chi connectivity index (χ1n) is 4.27. The van der Waals surface area contributed by atoms with Crippen LogP contribution in [-0.2, 0) is 4.74 Å². The number of halogens is 2. The van der Waals surface area contributed by atoms with Crippen molar-refractivity contribution in [3.63, 3.8) is 0 Å². The second-order valence-corrected chi connectivity index (χ2v) is 4.38. The van der Waals surface area contributed by atoms with Gasteiger partial charge >= 0.3 is 5.97 Å². The Morgan fingerprint density at radius 3 is 2.56 bits per heavy atom. The highest BCUT2D eigenvalue weighted by atomic mass is 79.9. The maximum atomic E-state index is 11.5. The molecule has 0 spiro atoms. The molecule has 0 heterocycles. The Morgan fingerprint density at radius 1 is 1.44 bits per heavy atom. The number of carbonyl (C=O) groups is 2. The average Bonchev–Trinajstić information content (AvgIpc) is 2.30. The topological polar surface area (TPSA) is 69.4 Å². The van der Waals surface area contributed by atoms with Crippen LogP contribution in [0.5, 0.6) is 0 Å². The first-order chi connectivity index (χ1) is 7.51. The van der Waals surface area contributed by atoms with Crippen LogP contribution < -0.4 is 5.73 Å². The number of nitrogens with two attached hydrogens (primary N) is 1. The minimum atomic E-state index is -0.510. The predicted molar refractivity (Wildman–Crippen MR) is 68.0 cm³/mol. The van der Waals surface area contributed by atoms with Gasteiger partial charge < -0.3 is 10.5 Å². The van der Waals surface area contributed by atoms with Crippen molar-refractivity contribution < 1.29 is 14.3 Å². The fourth-order valence-corrected chi connectivity index (χ4v) is 1.92. The van der Waals surface area contributed by atoms with E-state index in [4.69, 9.17) is 5.73 Å². The molecule has 4 nitrogen and oxygen atoms in total. The first-order valence-corrected chi connectivity index (χ1v) is 6.19. The van der Waals surface area contributed by atoms with Gasteiger partial charge in [-0.1, -0.05) is 15.9 Å². The van der Waals surface area contributed by atoms with Crippen LogP contribution >= 0.6 is 31.9 Å². The summed E-state index contributed by atoms with van der Waals surface area (Å²) in [6.07, 6.45) is 0. The van der Waals surface area contributed by atoms with Crippen LogP contribution in [0.1, 0.15) is 20.7 Å². The van der Waals surface area contributed by atoms with Gasteiger partial charge in [-0.25, -0.2) is 4.79 Å². The molecule has 6 heteroatoms. The van der Waals surface area contributed by atoms with Crippen molar-refractivity contribution in [2.75, 3.05) is 18.2 Å². The summed E-state index contributed by atoms with van der Waals surface area (Å²) in [6, 6.07) is 2.95. The van der Waals surface area contributed by atoms with Crippen molar-refractivity contribution >= 4 is 49.3 Å². The molecule has 0 aliphatic heterocycles. The van der Waals surface area contributed by atoms with Crippen molar-refractivity contribution in [2.45, 2.75) is 0 Å². The minimum absolute atomic E-state index is 0.147. The molecular formula is C10H9Br2NO3. The van der Waals surface area contributed by atoms with Gasteiger partial charge in [0.25, 0.3) is 0 Å². The molecule has 0 saturated carbocycles. The third-order valence-electron chi connectivity index (χ3n) is 1.97. The standard InChI is InChI=1S/C10H9Br2NO3/c1-16-10(15)5-2-6(8(14)4-11)9(13)7(12)3-5/h2-3H,4,13H2,1H3. The molecule has 86 valence electrons. The molecule has 0 aliphatic rings. The van der Waals surface area contributed by atoms with E-state index in [0.717, 1.165) is 0 Å². The smallest absolute Gasteiger partial charge is 0.337 e. The second-order valence-electron chi connectivity index (χ2n) is 2.97. The van der Waals surface area contributed by atoms with E-state index in [1.807, 2.05) is 0 Å². The summed E-state index contributed by atoms with van der Waals surface area (Å²) in [5.41, 5.74) is 6.63. The van der Waals surface area contributed by atoms with E-state index >= 15 is 0 Å². The molecule has 0 aliphatic carbocycles. The van der Waals surface area contributed by atoms with E-state index in [2.05, 4.69) is 36.6 Å². The number of rotatable bonds is 3. The van der Waals surface area contributed by atoms with Gasteiger partial charge in [0.1, 0.15) is 0 Å². The van der Waals surface area contributed by atoms with Gasteiger partial charge in [-0.15, -0.1) is 0 Å². The largest absolute Gasteiger partial charge is 0.465 e. The summed E-state index contributed by atoms with van der Waals surface area (Å²) in [6.45, 7) is 0. The van der Waals surface area contributed by atoms with E-state index in [-0.39, 0.29) is 16.7 Å². The normalized spacial score (nSPS) is 9.94. The van der Waals surface area contributed by atoms with Gasteiger partial charge in [-0.3, -0.25) is 4.79 Å². The Bertz CT molecular complexity index is 446. The SMILES string of the molecule is COC(=O)c1cc(Br)c(N)c(C(=O)CBr)c1. The molecule has 0 radical (unpaired) electrons. The number of ether oxygens (including phenoxy) is 1. The van der Waals surface area contributed by atoms with E-state index in [1.165, 1.54) is 19.2 Å². The van der Waals surface area contributed by atoms with Gasteiger partial charge in [0.15, 0.2) is 5.78 Å². The number of methoxy groups -OCH3 is 1. The molecule has 0 saturated heterocycles. The average molecular weight is 351 g/mol. The fraction of sp³-hybridized carbons (Fsp3) is 0.200. The summed E-state index contributed by atoms with van der Waals surface area (Å²) in [7, 11) is 1.28. The zero-order chi connectivity index (χ0) is 12.3. The Balaban J connectivity index is 3.33. The number of ketones is 1. The molecule has 0 aromatic heterocycles. The lowest BCUT2D eigenvalue weighted by Crippen LogP contribution is -2.09. The zero-order valence-electron chi connectivity index (χ0n) is 8.42. The minimum Gasteiger partial charge on any atom is -0.465 e. The van der Waals surface area contributed by atoms with Crippen molar-refractivity contribution in [1.29, 1.82) is 0 Å². The highest BCUT2D eigenvalue weighted by Gasteiger charge is 2.16. The number of alkyl halides is 1. The molecule has 0 amide bonds. The number of nitrogen functional groups attached to an aromatic ring is 1. The Hall–Kier alpha value is -0.880. The van der Waals surface area contributed by atoms with Crippen LogP contribution in [0.2, 0.25) is 0 Å². The highest BCUT2D eigenvalue weighted by Crippen LogP contribution is 2.26. The third-order valence-corrected chi connectivity index (χ3v) is 3.14. The Kier molecular flexibility index (Phi) is 4.49. The van der Waals surface area contributed by atoms with E-state index < -0.39 is 5.97 Å². The number of Topliss-reactive ketones (excluding diaryl/α,β-unsaturated/α-hetero) is 1. The zero-order valence-corrected chi connectivity index (χ0v) is 11.6. The van der Waals surface area contributed by atoms with Crippen molar-refractivity contribution in [3.8, 4) is 0 Å². The van der Waals surface area contributed by atoms with Crippen molar-refractivity contribution in [1.82, 2.24) is 0 Å². The molecule has 0 bridgehead atoms. The Morgan fingerprint density at radius 2 is 2.06 bits per heavy atom. The van der Waals surface area contributed by atoms with E-state index in [1.54, 1.807) is 0 Å². The van der Waals surface area contributed by atoms with Crippen LogP contribution in [0.15, 0.2) is 16.6 Å². The maximum Gasteiger partial charge on any atom is 0.337 e. The lowest BCUT2D eigenvalue weighted by molar-refractivity contribution is 0.0600. The Labute approximate surface area is 109 Å². The van der Waals surface area contributed by atoms with Crippen molar-refractivity contribution in [2.24, 2.45) is 0 Å². The van der Waals surface area contributed by atoms with Gasteiger partial charge in [0.05, 0.1) is 23.7 Å². The summed E-state index contributed by atoms with van der Waals surface area (Å²) in [5.74, 6) is -0.701. The summed E-state index contributed by atoms with van der Waals surface area (Å²) in [4.78, 5) is 22.9. The summed E-state index contributed by atoms with van der Waals surface area (Å²) in [5, 5.41) is 0.147. The van der Waals surface area contributed by atoms with Crippen LogP contribution in [0.25, 0.3) is 0 Å². The van der Waals surface area contributed by atoms with Crippen LogP contribution in [0, 0.1) is 0 Å². The van der Waals surface area contributed by atoms with Gasteiger partial charge in [-0.2, -0.15) is 0 Å². The van der Waals surface area contributed by atoms with E-state index in [9.17, 15) is 9.59 Å². The summed E-state index contributed by atoms with van der Waals surface area (Å²) < 4.78 is 5.08. The van der Waals surface area contributed by atoms with Crippen LogP contribution in [0.4, 0.5) is 5.69 Å². The summed E-state index contributed by atoms with van der Waals surface area (Å²) >= 11 is 6.24. The first kappa shape index (κ1) is 13.2. The van der Waals surface area contributed by atoms with Gasteiger partial charge in [0, 0.05) is 10.0 Å². The molecule has 0 fully saturated rings. The van der Waals surface area contributed by atoms with Crippen molar-refractivity contribution in [3.05, 3.63) is 27.7 Å². The maximum absolute atomic E-state index is 11.5. The molecule has 1 aromatic rings. The molecule has 0 atom stereocenters. The lowest BCUT2D eigenvalue weighted by Gasteiger charge is -2.08.